The maximum atomic E-state index is 12.8. The molecule has 6 heteroatoms. The third-order valence-electron chi connectivity index (χ3n) is 4.95. The maximum Gasteiger partial charge on any atom is 0.257 e. The number of amides is 1. The van der Waals surface area contributed by atoms with E-state index in [0.717, 1.165) is 22.4 Å². The zero-order valence-corrected chi connectivity index (χ0v) is 14.3. The molecule has 3 aromatic rings. The van der Waals surface area contributed by atoms with Crippen LogP contribution in [0.15, 0.2) is 36.8 Å². The largest absolute Gasteiger partial charge is 0.307 e. The molecule has 0 saturated heterocycles. The van der Waals surface area contributed by atoms with Gasteiger partial charge in [0.25, 0.3) is 5.91 Å². The van der Waals surface area contributed by atoms with E-state index in [1.807, 2.05) is 13.1 Å². The van der Waals surface area contributed by atoms with Gasteiger partial charge in [-0.15, -0.1) is 0 Å². The second kappa shape index (κ2) is 6.63. The highest BCUT2D eigenvalue weighted by Gasteiger charge is 2.20. The van der Waals surface area contributed by atoms with Crippen molar-refractivity contribution in [2.75, 3.05) is 5.32 Å². The van der Waals surface area contributed by atoms with Crippen molar-refractivity contribution < 1.29 is 4.79 Å². The van der Waals surface area contributed by atoms with Crippen molar-refractivity contribution in [3.63, 3.8) is 0 Å². The molecule has 3 aromatic heterocycles. The highest BCUT2D eigenvalue weighted by molar-refractivity contribution is 6.11. The average molecular weight is 335 g/mol. The number of carbonyl (C=O) groups excluding carboxylic acids is 1. The number of fused-ring (bicyclic) bond motifs is 1. The Morgan fingerprint density at radius 3 is 2.88 bits per heavy atom. The number of hydrogen-bond acceptors (Lipinski definition) is 4. The molecule has 3 heterocycles. The van der Waals surface area contributed by atoms with Crippen LogP contribution < -0.4 is 5.32 Å². The molecule has 0 spiro atoms. The van der Waals surface area contributed by atoms with Crippen molar-refractivity contribution in [2.45, 2.75) is 38.0 Å². The van der Waals surface area contributed by atoms with Crippen molar-refractivity contribution in [3.05, 3.63) is 48.0 Å². The lowest BCUT2D eigenvalue weighted by molar-refractivity contribution is 0.102. The topological polar surface area (TPSA) is 72.7 Å². The number of aromatic nitrogens is 4. The molecule has 1 fully saturated rings. The molecule has 0 radical (unpaired) electrons. The van der Waals surface area contributed by atoms with Gasteiger partial charge in [0.15, 0.2) is 0 Å². The van der Waals surface area contributed by atoms with Crippen molar-refractivity contribution in [3.8, 4) is 0 Å². The molecule has 1 aliphatic rings. The number of aryl methyl sites for hydroxylation is 1. The molecule has 0 aromatic carbocycles. The van der Waals surface area contributed by atoms with Crippen LogP contribution in [0.2, 0.25) is 0 Å². The standard InChI is InChI=1S/C19H21N5O/c1-24-18(11-17(23-24)13-5-3-2-4-6-13)22-19(25)14-7-10-21-16-8-9-20-12-15(14)16/h7-13H,2-6H2,1H3,(H,22,25). The van der Waals surface area contributed by atoms with Crippen LogP contribution in [0.3, 0.4) is 0 Å². The molecule has 1 aliphatic carbocycles. The molecule has 0 atom stereocenters. The van der Waals surface area contributed by atoms with Gasteiger partial charge in [-0.3, -0.25) is 19.4 Å². The molecule has 1 N–H and O–H groups in total. The Hall–Kier alpha value is -2.76. The number of pyridine rings is 2. The molecule has 0 unspecified atom stereocenters. The van der Waals surface area contributed by atoms with Crippen molar-refractivity contribution in [1.82, 2.24) is 19.7 Å². The molecular weight excluding hydrogens is 314 g/mol. The smallest absolute Gasteiger partial charge is 0.257 e. The van der Waals surface area contributed by atoms with Gasteiger partial charge in [-0.1, -0.05) is 19.3 Å². The summed E-state index contributed by atoms with van der Waals surface area (Å²) in [7, 11) is 1.87. The third-order valence-corrected chi connectivity index (χ3v) is 4.95. The molecular formula is C19H21N5O. The van der Waals surface area contributed by atoms with E-state index in [0.29, 0.717) is 11.5 Å². The lowest BCUT2D eigenvalue weighted by Gasteiger charge is -2.19. The van der Waals surface area contributed by atoms with Crippen LogP contribution in [0.1, 0.15) is 54.1 Å². The summed E-state index contributed by atoms with van der Waals surface area (Å²) < 4.78 is 1.75. The Bertz CT molecular complexity index is 906. The van der Waals surface area contributed by atoms with E-state index < -0.39 is 0 Å². The first-order valence-electron chi connectivity index (χ1n) is 8.76. The predicted octanol–water partition coefficient (Wildman–Crippen LogP) is 3.66. The highest BCUT2D eigenvalue weighted by Crippen LogP contribution is 2.32. The molecule has 1 saturated carbocycles. The van der Waals surface area contributed by atoms with E-state index in [2.05, 4.69) is 20.4 Å². The quantitative estimate of drug-likeness (QED) is 0.793. The van der Waals surface area contributed by atoms with Crippen LogP contribution in [-0.4, -0.2) is 25.7 Å². The SMILES string of the molecule is Cn1nc(C2CCCCC2)cc1NC(=O)c1ccnc2ccncc12. The summed E-state index contributed by atoms with van der Waals surface area (Å²) in [5.41, 5.74) is 2.41. The van der Waals surface area contributed by atoms with Gasteiger partial charge in [0, 0.05) is 43.0 Å². The lowest BCUT2D eigenvalue weighted by atomic mass is 9.87. The summed E-state index contributed by atoms with van der Waals surface area (Å²) in [5.74, 6) is 1.06. The minimum Gasteiger partial charge on any atom is -0.307 e. The molecule has 128 valence electrons. The fourth-order valence-electron chi connectivity index (χ4n) is 3.58. The summed E-state index contributed by atoms with van der Waals surface area (Å²) in [5, 5.41) is 8.35. The van der Waals surface area contributed by atoms with E-state index in [-0.39, 0.29) is 5.91 Å². The number of nitrogens with zero attached hydrogens (tertiary/aromatic N) is 4. The monoisotopic (exact) mass is 335 g/mol. The normalized spacial score (nSPS) is 15.4. The van der Waals surface area contributed by atoms with Gasteiger partial charge in [0.1, 0.15) is 5.82 Å². The van der Waals surface area contributed by atoms with Crippen molar-refractivity contribution >= 4 is 22.6 Å². The highest BCUT2D eigenvalue weighted by atomic mass is 16.1. The molecule has 4 rings (SSSR count). The van der Waals surface area contributed by atoms with Gasteiger partial charge in [-0.2, -0.15) is 5.10 Å². The van der Waals surface area contributed by atoms with Gasteiger partial charge in [-0.05, 0) is 25.0 Å². The summed E-state index contributed by atoms with van der Waals surface area (Å²) >= 11 is 0. The van der Waals surface area contributed by atoms with Crippen LogP contribution in [0.5, 0.6) is 0 Å². The van der Waals surface area contributed by atoms with E-state index in [9.17, 15) is 4.79 Å². The zero-order chi connectivity index (χ0) is 17.2. The number of carbonyl (C=O) groups is 1. The Labute approximate surface area is 146 Å². The molecule has 0 aliphatic heterocycles. The Kier molecular flexibility index (Phi) is 4.17. The molecule has 6 nitrogen and oxygen atoms in total. The van der Waals surface area contributed by atoms with Crippen LogP contribution in [0.25, 0.3) is 10.9 Å². The first kappa shape index (κ1) is 15.7. The lowest BCUT2D eigenvalue weighted by Crippen LogP contribution is -2.15. The minimum atomic E-state index is -0.168. The van der Waals surface area contributed by atoms with Crippen molar-refractivity contribution in [2.24, 2.45) is 7.05 Å². The van der Waals surface area contributed by atoms with Gasteiger partial charge in [0.2, 0.25) is 0 Å². The zero-order valence-electron chi connectivity index (χ0n) is 14.3. The Morgan fingerprint density at radius 2 is 2.04 bits per heavy atom. The second-order valence-corrected chi connectivity index (χ2v) is 6.62. The molecule has 1 amide bonds. The first-order valence-corrected chi connectivity index (χ1v) is 8.76. The first-order chi connectivity index (χ1) is 12.2. The number of nitrogens with one attached hydrogen (secondary N) is 1. The van der Waals surface area contributed by atoms with E-state index >= 15 is 0 Å². The summed E-state index contributed by atoms with van der Waals surface area (Å²) in [6.45, 7) is 0. The van der Waals surface area contributed by atoms with Gasteiger partial charge < -0.3 is 5.32 Å². The fraction of sp³-hybridized carbons (Fsp3) is 0.368. The van der Waals surface area contributed by atoms with Crippen LogP contribution in [0.4, 0.5) is 5.82 Å². The predicted molar refractivity (Wildman–Crippen MR) is 96.5 cm³/mol. The molecule has 0 bridgehead atoms. The van der Waals surface area contributed by atoms with Gasteiger partial charge >= 0.3 is 0 Å². The van der Waals surface area contributed by atoms with Gasteiger partial charge in [-0.25, -0.2) is 0 Å². The van der Waals surface area contributed by atoms with E-state index in [1.165, 1.54) is 32.1 Å². The van der Waals surface area contributed by atoms with Crippen LogP contribution in [0, 0.1) is 0 Å². The number of anilines is 1. The summed E-state index contributed by atoms with van der Waals surface area (Å²) in [4.78, 5) is 21.1. The third kappa shape index (κ3) is 3.12. The summed E-state index contributed by atoms with van der Waals surface area (Å²) in [6, 6.07) is 5.53. The Balaban J connectivity index is 1.59. The van der Waals surface area contributed by atoms with Crippen LogP contribution in [-0.2, 0) is 7.05 Å². The Morgan fingerprint density at radius 1 is 1.20 bits per heavy atom. The second-order valence-electron chi connectivity index (χ2n) is 6.62. The van der Waals surface area contributed by atoms with E-state index in [1.54, 1.807) is 35.4 Å². The van der Waals surface area contributed by atoms with Crippen molar-refractivity contribution in [1.29, 1.82) is 0 Å². The average Bonchev–Trinajstić information content (AvgIpc) is 3.02. The minimum absolute atomic E-state index is 0.168. The van der Waals surface area contributed by atoms with Crippen LogP contribution >= 0.6 is 0 Å². The number of hydrogen-bond donors (Lipinski definition) is 1. The van der Waals surface area contributed by atoms with E-state index in [4.69, 9.17) is 0 Å². The van der Waals surface area contributed by atoms with Gasteiger partial charge in [0.05, 0.1) is 16.8 Å². The maximum absolute atomic E-state index is 12.8. The summed E-state index contributed by atoms with van der Waals surface area (Å²) in [6.07, 6.45) is 11.2. The number of rotatable bonds is 3. The molecule has 25 heavy (non-hydrogen) atoms. The fourth-order valence-corrected chi connectivity index (χ4v) is 3.58.